The number of carbonyl (C=O) groups is 2. The Labute approximate surface area is 148 Å². The Morgan fingerprint density at radius 1 is 1.31 bits per heavy atom. The van der Waals surface area contributed by atoms with Crippen molar-refractivity contribution < 1.29 is 24.0 Å². The van der Waals surface area contributed by atoms with Crippen LogP contribution in [0, 0.1) is 11.3 Å². The minimum absolute atomic E-state index is 0.0500. The van der Waals surface area contributed by atoms with Crippen molar-refractivity contribution in [2.75, 3.05) is 31.6 Å². The Kier molecular flexibility index (Phi) is 5.26. The Morgan fingerprint density at radius 2 is 2.08 bits per heavy atom. The van der Waals surface area contributed by atoms with Crippen molar-refractivity contribution in [2.45, 2.75) is 6.54 Å². The number of ether oxygens (including phenoxy) is 1. The number of anilines is 1. The largest absolute Gasteiger partial charge is 0.478 e. The van der Waals surface area contributed by atoms with E-state index in [1.54, 1.807) is 0 Å². The van der Waals surface area contributed by atoms with E-state index in [2.05, 4.69) is 15.4 Å². The molecule has 1 fully saturated rings. The average Bonchev–Trinajstić information content (AvgIpc) is 3.11. The summed E-state index contributed by atoms with van der Waals surface area (Å²) in [5, 5.41) is 24.3. The van der Waals surface area contributed by atoms with Gasteiger partial charge in [0.1, 0.15) is 0 Å². The molecule has 1 aromatic carbocycles. The van der Waals surface area contributed by atoms with Crippen LogP contribution in [0.25, 0.3) is 0 Å². The van der Waals surface area contributed by atoms with Gasteiger partial charge in [0.25, 0.3) is 5.91 Å². The highest BCUT2D eigenvalue weighted by Gasteiger charge is 2.19. The van der Waals surface area contributed by atoms with Gasteiger partial charge in [-0.15, -0.1) is 0 Å². The van der Waals surface area contributed by atoms with Crippen molar-refractivity contribution in [3.8, 4) is 6.07 Å². The minimum atomic E-state index is -1.24. The summed E-state index contributed by atoms with van der Waals surface area (Å²) in [5.74, 6) is -1.30. The predicted molar refractivity (Wildman–Crippen MR) is 88.7 cm³/mol. The number of nitriles is 1. The number of hydrogen-bond donors (Lipinski definition) is 2. The fraction of sp³-hybridized carbons (Fsp3) is 0.294. The van der Waals surface area contributed by atoms with Crippen LogP contribution in [0.5, 0.6) is 0 Å². The van der Waals surface area contributed by atoms with E-state index in [0.29, 0.717) is 25.5 Å². The molecule has 0 atom stereocenters. The standard InChI is InChI=1S/C17H16N4O5/c18-9-11-1-2-14(13(7-11)17(23)24)19-16(22)15-8-12(26-20-15)10-21-3-5-25-6-4-21/h1-2,7-8H,3-6,10H2,(H,19,22)(H,23,24). The summed E-state index contributed by atoms with van der Waals surface area (Å²) in [7, 11) is 0. The van der Waals surface area contributed by atoms with Crippen LogP contribution in [-0.4, -0.2) is 53.3 Å². The van der Waals surface area contributed by atoms with E-state index in [4.69, 9.17) is 14.5 Å². The lowest BCUT2D eigenvalue weighted by Gasteiger charge is -2.25. The lowest BCUT2D eigenvalue weighted by molar-refractivity contribution is 0.0305. The molecule has 1 saturated heterocycles. The lowest BCUT2D eigenvalue weighted by Crippen LogP contribution is -2.35. The molecule has 0 aliphatic carbocycles. The lowest BCUT2D eigenvalue weighted by atomic mass is 10.1. The molecule has 0 spiro atoms. The summed E-state index contributed by atoms with van der Waals surface area (Å²) < 4.78 is 10.5. The summed E-state index contributed by atoms with van der Waals surface area (Å²) in [6, 6.07) is 7.38. The highest BCUT2D eigenvalue weighted by molar-refractivity contribution is 6.06. The van der Waals surface area contributed by atoms with E-state index < -0.39 is 11.9 Å². The van der Waals surface area contributed by atoms with Crippen molar-refractivity contribution in [1.29, 1.82) is 5.26 Å². The zero-order valence-corrected chi connectivity index (χ0v) is 13.8. The number of amides is 1. The van der Waals surface area contributed by atoms with Crippen LogP contribution in [0.15, 0.2) is 28.8 Å². The molecule has 0 unspecified atom stereocenters. The molecule has 1 aliphatic heterocycles. The highest BCUT2D eigenvalue weighted by atomic mass is 16.5. The second-order valence-electron chi connectivity index (χ2n) is 5.70. The molecule has 2 aromatic rings. The smallest absolute Gasteiger partial charge is 0.337 e. The third-order valence-electron chi connectivity index (χ3n) is 3.90. The van der Waals surface area contributed by atoms with Crippen LogP contribution in [0.1, 0.15) is 32.2 Å². The fourth-order valence-corrected chi connectivity index (χ4v) is 2.56. The molecule has 2 N–H and O–H groups in total. The maximum absolute atomic E-state index is 12.3. The third-order valence-corrected chi connectivity index (χ3v) is 3.90. The van der Waals surface area contributed by atoms with Crippen molar-refractivity contribution in [2.24, 2.45) is 0 Å². The molecule has 9 nitrogen and oxygen atoms in total. The van der Waals surface area contributed by atoms with Gasteiger partial charge >= 0.3 is 5.97 Å². The summed E-state index contributed by atoms with van der Waals surface area (Å²) in [6.07, 6.45) is 0. The van der Waals surface area contributed by atoms with E-state index in [1.807, 2.05) is 6.07 Å². The number of rotatable bonds is 5. The van der Waals surface area contributed by atoms with Crippen LogP contribution in [-0.2, 0) is 11.3 Å². The van der Waals surface area contributed by atoms with Crippen molar-refractivity contribution >= 4 is 17.6 Å². The van der Waals surface area contributed by atoms with E-state index >= 15 is 0 Å². The van der Waals surface area contributed by atoms with Gasteiger partial charge in [0.05, 0.1) is 42.6 Å². The summed E-state index contributed by atoms with van der Waals surface area (Å²) in [4.78, 5) is 25.8. The molecular formula is C17H16N4O5. The molecule has 1 aliphatic rings. The monoisotopic (exact) mass is 356 g/mol. The van der Waals surface area contributed by atoms with Crippen LogP contribution >= 0.6 is 0 Å². The number of hydrogen-bond acceptors (Lipinski definition) is 7. The van der Waals surface area contributed by atoms with Gasteiger partial charge < -0.3 is 19.7 Å². The normalized spacial score (nSPS) is 14.6. The van der Waals surface area contributed by atoms with Crippen LogP contribution in [0.4, 0.5) is 5.69 Å². The second kappa shape index (κ2) is 7.77. The number of carbonyl (C=O) groups excluding carboxylic acids is 1. The zero-order valence-electron chi connectivity index (χ0n) is 13.8. The quantitative estimate of drug-likeness (QED) is 0.821. The maximum Gasteiger partial charge on any atom is 0.337 e. The Morgan fingerprint density at radius 3 is 2.77 bits per heavy atom. The number of aromatic carboxylic acids is 1. The predicted octanol–water partition coefficient (Wildman–Crippen LogP) is 1.33. The van der Waals surface area contributed by atoms with E-state index in [9.17, 15) is 14.7 Å². The van der Waals surface area contributed by atoms with Gasteiger partial charge in [-0.05, 0) is 18.2 Å². The first-order chi connectivity index (χ1) is 12.6. The SMILES string of the molecule is N#Cc1ccc(NC(=O)c2cc(CN3CCOCC3)on2)c(C(=O)O)c1. The number of benzene rings is 1. The van der Waals surface area contributed by atoms with Gasteiger partial charge in [-0.1, -0.05) is 5.16 Å². The van der Waals surface area contributed by atoms with Crippen LogP contribution in [0.3, 0.4) is 0 Å². The number of morpholine rings is 1. The summed E-state index contributed by atoms with van der Waals surface area (Å²) in [6.45, 7) is 3.36. The van der Waals surface area contributed by atoms with Gasteiger partial charge in [0, 0.05) is 19.2 Å². The van der Waals surface area contributed by atoms with E-state index in [1.165, 1.54) is 24.3 Å². The molecule has 3 rings (SSSR count). The second-order valence-corrected chi connectivity index (χ2v) is 5.70. The number of aromatic nitrogens is 1. The number of nitrogens with zero attached hydrogens (tertiary/aromatic N) is 3. The molecule has 9 heteroatoms. The molecule has 1 amide bonds. The molecule has 1 aromatic heterocycles. The topological polar surface area (TPSA) is 129 Å². The molecule has 0 bridgehead atoms. The molecule has 134 valence electrons. The van der Waals surface area contributed by atoms with Gasteiger partial charge in [-0.25, -0.2) is 4.79 Å². The Bertz CT molecular complexity index is 864. The first kappa shape index (κ1) is 17.6. The van der Waals surface area contributed by atoms with Gasteiger partial charge in [0.2, 0.25) is 0 Å². The van der Waals surface area contributed by atoms with Gasteiger partial charge in [-0.2, -0.15) is 5.26 Å². The molecular weight excluding hydrogens is 340 g/mol. The third kappa shape index (κ3) is 4.05. The van der Waals surface area contributed by atoms with E-state index in [-0.39, 0.29) is 22.5 Å². The first-order valence-corrected chi connectivity index (χ1v) is 7.91. The minimum Gasteiger partial charge on any atom is -0.478 e. The summed E-state index contributed by atoms with van der Waals surface area (Å²) >= 11 is 0. The summed E-state index contributed by atoms with van der Waals surface area (Å²) in [5.41, 5.74) is 0.150. The molecule has 0 saturated carbocycles. The maximum atomic E-state index is 12.3. The molecule has 2 heterocycles. The van der Waals surface area contributed by atoms with Gasteiger partial charge in [0.15, 0.2) is 11.5 Å². The fourth-order valence-electron chi connectivity index (χ4n) is 2.56. The zero-order chi connectivity index (χ0) is 18.5. The van der Waals surface area contributed by atoms with Crippen LogP contribution in [0.2, 0.25) is 0 Å². The number of carboxylic acids is 1. The van der Waals surface area contributed by atoms with E-state index in [0.717, 1.165) is 13.1 Å². The Balaban J connectivity index is 1.71. The van der Waals surface area contributed by atoms with Crippen molar-refractivity contribution in [3.63, 3.8) is 0 Å². The first-order valence-electron chi connectivity index (χ1n) is 7.91. The van der Waals surface area contributed by atoms with Crippen molar-refractivity contribution in [3.05, 3.63) is 46.8 Å². The number of nitrogens with one attached hydrogen (secondary N) is 1. The van der Waals surface area contributed by atoms with Crippen LogP contribution < -0.4 is 5.32 Å². The highest BCUT2D eigenvalue weighted by Crippen LogP contribution is 2.19. The number of carboxylic acid groups (broad SMARTS) is 1. The van der Waals surface area contributed by atoms with Gasteiger partial charge in [-0.3, -0.25) is 9.69 Å². The Hall–Kier alpha value is -3.22. The molecule has 26 heavy (non-hydrogen) atoms. The average molecular weight is 356 g/mol. The van der Waals surface area contributed by atoms with Crippen molar-refractivity contribution in [1.82, 2.24) is 10.1 Å². The molecule has 0 radical (unpaired) electrons.